The normalized spacial score (nSPS) is 15.0. The van der Waals surface area contributed by atoms with E-state index in [1.54, 1.807) is 12.1 Å². The first kappa shape index (κ1) is 18.2. The molecule has 138 valence electrons. The van der Waals surface area contributed by atoms with E-state index in [-0.39, 0.29) is 17.4 Å². The van der Waals surface area contributed by atoms with Gasteiger partial charge in [0.1, 0.15) is 17.4 Å². The highest BCUT2D eigenvalue weighted by Gasteiger charge is 2.24. The fourth-order valence-corrected chi connectivity index (χ4v) is 3.20. The van der Waals surface area contributed by atoms with Crippen LogP contribution in [0, 0.1) is 18.6 Å². The van der Waals surface area contributed by atoms with E-state index in [4.69, 9.17) is 4.74 Å². The second-order valence-electron chi connectivity index (χ2n) is 6.54. The number of carbonyl (C=O) groups is 1. The summed E-state index contributed by atoms with van der Waals surface area (Å²) in [5, 5.41) is 2.87. The Bertz CT molecular complexity index is 802. The Labute approximate surface area is 151 Å². The van der Waals surface area contributed by atoms with Crippen molar-refractivity contribution in [1.29, 1.82) is 0 Å². The van der Waals surface area contributed by atoms with Gasteiger partial charge in [0.2, 0.25) is 0 Å². The molecule has 1 aliphatic heterocycles. The number of anilines is 1. The predicted octanol–water partition coefficient (Wildman–Crippen LogP) is 3.68. The summed E-state index contributed by atoms with van der Waals surface area (Å²) >= 11 is 0. The number of benzene rings is 2. The van der Waals surface area contributed by atoms with Gasteiger partial charge in [0.05, 0.1) is 18.4 Å². The van der Waals surface area contributed by atoms with Crippen molar-refractivity contribution in [3.8, 4) is 5.75 Å². The smallest absolute Gasteiger partial charge is 0.254 e. The number of rotatable bonds is 4. The number of hydrogen-bond donors (Lipinski definition) is 1. The molecule has 6 heteroatoms. The summed E-state index contributed by atoms with van der Waals surface area (Å²) in [5.74, 6) is -0.919. The first-order chi connectivity index (χ1) is 12.5. The molecule has 1 heterocycles. The molecule has 1 fully saturated rings. The van der Waals surface area contributed by atoms with Crippen molar-refractivity contribution in [2.24, 2.45) is 0 Å². The van der Waals surface area contributed by atoms with Crippen LogP contribution in [-0.2, 0) is 0 Å². The Morgan fingerprint density at radius 2 is 1.85 bits per heavy atom. The number of piperidine rings is 1. The summed E-state index contributed by atoms with van der Waals surface area (Å²) in [6.07, 6.45) is 1.35. The Balaban J connectivity index is 1.60. The van der Waals surface area contributed by atoms with Gasteiger partial charge in [-0.25, -0.2) is 8.78 Å². The SMILES string of the molecule is COc1ccc(C(=O)NC2CCN(c3cc(C)ccc3F)CC2)c(F)c1. The van der Waals surface area contributed by atoms with E-state index in [9.17, 15) is 13.6 Å². The number of aryl methyl sites for hydroxylation is 1. The molecular weight excluding hydrogens is 338 g/mol. The molecular formula is C20H22F2N2O2. The van der Waals surface area contributed by atoms with E-state index in [0.29, 0.717) is 37.4 Å². The number of nitrogens with zero attached hydrogens (tertiary/aromatic N) is 1. The summed E-state index contributed by atoms with van der Waals surface area (Å²) in [5.41, 5.74) is 1.60. The second kappa shape index (κ2) is 7.72. The van der Waals surface area contributed by atoms with Gasteiger partial charge < -0.3 is 15.0 Å². The fourth-order valence-electron chi connectivity index (χ4n) is 3.20. The van der Waals surface area contributed by atoms with Gasteiger partial charge in [-0.1, -0.05) is 6.07 Å². The molecule has 0 aliphatic carbocycles. The highest BCUT2D eigenvalue weighted by atomic mass is 19.1. The molecule has 1 N–H and O–H groups in total. The zero-order valence-electron chi connectivity index (χ0n) is 14.9. The Hall–Kier alpha value is -2.63. The maximum Gasteiger partial charge on any atom is 0.254 e. The van der Waals surface area contributed by atoms with Crippen LogP contribution in [-0.4, -0.2) is 32.1 Å². The van der Waals surface area contributed by atoms with E-state index in [2.05, 4.69) is 5.32 Å². The Morgan fingerprint density at radius 3 is 2.50 bits per heavy atom. The van der Waals surface area contributed by atoms with Crippen molar-refractivity contribution in [2.45, 2.75) is 25.8 Å². The van der Waals surface area contributed by atoms with Crippen LogP contribution >= 0.6 is 0 Å². The molecule has 1 amide bonds. The largest absolute Gasteiger partial charge is 0.497 e. The van der Waals surface area contributed by atoms with Gasteiger partial charge in [0.25, 0.3) is 5.91 Å². The van der Waals surface area contributed by atoms with Gasteiger partial charge >= 0.3 is 0 Å². The minimum absolute atomic E-state index is 0.00189. The van der Waals surface area contributed by atoms with E-state index in [1.807, 2.05) is 17.9 Å². The summed E-state index contributed by atoms with van der Waals surface area (Å²) in [6, 6.07) is 9.16. The van der Waals surface area contributed by atoms with Crippen LogP contribution in [0.1, 0.15) is 28.8 Å². The molecule has 0 spiro atoms. The number of carbonyl (C=O) groups excluding carboxylic acids is 1. The van der Waals surface area contributed by atoms with Gasteiger partial charge in [0, 0.05) is 25.2 Å². The van der Waals surface area contributed by atoms with Gasteiger partial charge in [-0.15, -0.1) is 0 Å². The number of amides is 1. The molecule has 26 heavy (non-hydrogen) atoms. The van der Waals surface area contributed by atoms with Crippen LogP contribution in [0.4, 0.5) is 14.5 Å². The third-order valence-corrected chi connectivity index (χ3v) is 4.69. The molecule has 0 atom stereocenters. The van der Waals surface area contributed by atoms with Crippen LogP contribution in [0.15, 0.2) is 36.4 Å². The number of methoxy groups -OCH3 is 1. The predicted molar refractivity (Wildman–Crippen MR) is 96.8 cm³/mol. The highest BCUT2D eigenvalue weighted by Crippen LogP contribution is 2.25. The van der Waals surface area contributed by atoms with Gasteiger partial charge in [0.15, 0.2) is 0 Å². The lowest BCUT2D eigenvalue weighted by molar-refractivity contribution is 0.0927. The quantitative estimate of drug-likeness (QED) is 0.904. The molecule has 0 aromatic heterocycles. The van der Waals surface area contributed by atoms with Crippen molar-refractivity contribution < 1.29 is 18.3 Å². The number of hydrogen-bond acceptors (Lipinski definition) is 3. The third kappa shape index (κ3) is 3.95. The molecule has 1 aliphatic rings. The standard InChI is InChI=1S/C20H22F2N2O2/c1-13-3-6-17(21)19(11-13)24-9-7-14(8-10-24)23-20(25)16-5-4-15(26-2)12-18(16)22/h3-6,11-12,14H,7-10H2,1-2H3,(H,23,25). The number of halogens is 2. The van der Waals surface area contributed by atoms with Crippen molar-refractivity contribution in [3.05, 3.63) is 59.2 Å². The van der Waals surface area contributed by atoms with Crippen molar-refractivity contribution in [1.82, 2.24) is 5.32 Å². The summed E-state index contributed by atoms with van der Waals surface area (Å²) in [7, 11) is 1.44. The Morgan fingerprint density at radius 1 is 1.12 bits per heavy atom. The van der Waals surface area contributed by atoms with Gasteiger partial charge in [-0.3, -0.25) is 4.79 Å². The van der Waals surface area contributed by atoms with Crippen LogP contribution in [0.2, 0.25) is 0 Å². The van der Waals surface area contributed by atoms with Crippen molar-refractivity contribution in [3.63, 3.8) is 0 Å². The molecule has 2 aromatic carbocycles. The average molecular weight is 360 g/mol. The van der Waals surface area contributed by atoms with E-state index >= 15 is 0 Å². The minimum atomic E-state index is -0.610. The summed E-state index contributed by atoms with van der Waals surface area (Å²) in [6.45, 7) is 3.20. The second-order valence-corrected chi connectivity index (χ2v) is 6.54. The number of ether oxygens (including phenoxy) is 1. The Kier molecular flexibility index (Phi) is 5.40. The maximum absolute atomic E-state index is 14.0. The average Bonchev–Trinajstić information content (AvgIpc) is 2.64. The number of nitrogens with one attached hydrogen (secondary N) is 1. The zero-order valence-corrected chi connectivity index (χ0v) is 14.9. The molecule has 0 bridgehead atoms. The molecule has 2 aromatic rings. The van der Waals surface area contributed by atoms with Crippen molar-refractivity contribution in [2.75, 3.05) is 25.1 Å². The molecule has 0 saturated carbocycles. The van der Waals surface area contributed by atoms with Crippen LogP contribution in [0.3, 0.4) is 0 Å². The van der Waals surface area contributed by atoms with E-state index in [0.717, 1.165) is 5.56 Å². The molecule has 4 nitrogen and oxygen atoms in total. The van der Waals surface area contributed by atoms with E-state index < -0.39 is 11.7 Å². The molecule has 0 unspecified atom stereocenters. The first-order valence-corrected chi connectivity index (χ1v) is 8.63. The lowest BCUT2D eigenvalue weighted by Crippen LogP contribution is -2.45. The summed E-state index contributed by atoms with van der Waals surface area (Å²) in [4.78, 5) is 14.3. The third-order valence-electron chi connectivity index (χ3n) is 4.69. The topological polar surface area (TPSA) is 41.6 Å². The van der Waals surface area contributed by atoms with Crippen LogP contribution in [0.5, 0.6) is 5.75 Å². The molecule has 1 saturated heterocycles. The fraction of sp³-hybridized carbons (Fsp3) is 0.350. The highest BCUT2D eigenvalue weighted by molar-refractivity contribution is 5.94. The minimum Gasteiger partial charge on any atom is -0.497 e. The monoisotopic (exact) mass is 360 g/mol. The first-order valence-electron chi connectivity index (χ1n) is 8.63. The van der Waals surface area contributed by atoms with Crippen LogP contribution < -0.4 is 15.0 Å². The van der Waals surface area contributed by atoms with Crippen LogP contribution in [0.25, 0.3) is 0 Å². The lowest BCUT2D eigenvalue weighted by atomic mass is 10.0. The van der Waals surface area contributed by atoms with Crippen molar-refractivity contribution >= 4 is 11.6 Å². The molecule has 0 radical (unpaired) electrons. The van der Waals surface area contributed by atoms with Gasteiger partial charge in [-0.2, -0.15) is 0 Å². The zero-order chi connectivity index (χ0) is 18.7. The molecule has 3 rings (SSSR count). The maximum atomic E-state index is 14.0. The summed E-state index contributed by atoms with van der Waals surface area (Å²) < 4.78 is 33.0. The lowest BCUT2D eigenvalue weighted by Gasteiger charge is -2.34. The van der Waals surface area contributed by atoms with Gasteiger partial charge in [-0.05, 0) is 49.6 Å². The van der Waals surface area contributed by atoms with E-state index in [1.165, 1.54) is 25.3 Å².